The first kappa shape index (κ1) is 7.71. The molecule has 0 radical (unpaired) electrons. The first-order chi connectivity index (χ1) is 5.75. The highest BCUT2D eigenvalue weighted by Gasteiger charge is 2.27. The summed E-state index contributed by atoms with van der Waals surface area (Å²) in [4.78, 5) is 22.1. The highest BCUT2D eigenvalue weighted by Crippen LogP contribution is 2.33. The smallest absolute Gasteiger partial charge is 0.155 e. The van der Waals surface area contributed by atoms with Gasteiger partial charge in [0.25, 0.3) is 0 Å². The van der Waals surface area contributed by atoms with Crippen molar-refractivity contribution in [1.29, 1.82) is 0 Å². The Balaban J connectivity index is 2.20. The van der Waals surface area contributed by atoms with Crippen LogP contribution in [0.15, 0.2) is 11.6 Å². The van der Waals surface area contributed by atoms with E-state index in [1.54, 1.807) is 6.08 Å². The molecule has 0 aliphatic heterocycles. The normalized spacial score (nSPS) is 29.7. The Morgan fingerprint density at radius 3 is 2.75 bits per heavy atom. The van der Waals surface area contributed by atoms with Crippen LogP contribution in [0.3, 0.4) is 0 Å². The quantitative estimate of drug-likeness (QED) is 0.545. The van der Waals surface area contributed by atoms with Gasteiger partial charge in [-0.2, -0.15) is 0 Å². The number of Topliss-reactive ketones (excluding diaryl/α,β-unsaturated/α-hetero) is 1. The summed E-state index contributed by atoms with van der Waals surface area (Å²) in [5.41, 5.74) is 1.10. The summed E-state index contributed by atoms with van der Waals surface area (Å²) in [7, 11) is 0. The number of carbonyl (C=O) groups is 2. The summed E-state index contributed by atoms with van der Waals surface area (Å²) in [5.74, 6) is 1.04. The van der Waals surface area contributed by atoms with Crippen LogP contribution in [0.25, 0.3) is 0 Å². The van der Waals surface area contributed by atoms with E-state index in [9.17, 15) is 9.59 Å². The third-order valence-corrected chi connectivity index (χ3v) is 2.78. The number of hydrogen-bond acceptors (Lipinski definition) is 2. The van der Waals surface area contributed by atoms with Crippen LogP contribution in [0, 0.1) is 5.92 Å². The maximum Gasteiger partial charge on any atom is 0.155 e. The standard InChI is InChI=1S/C10H12O2/c11-9-3-1-7-2-4-10(12)6-8(7)5-9/h5,7H,1-4,6H2. The highest BCUT2D eigenvalue weighted by atomic mass is 16.1. The van der Waals surface area contributed by atoms with Crippen LogP contribution in [0.1, 0.15) is 32.1 Å². The topological polar surface area (TPSA) is 34.1 Å². The average molecular weight is 164 g/mol. The molecule has 2 rings (SSSR count). The van der Waals surface area contributed by atoms with E-state index in [1.165, 1.54) is 0 Å². The summed E-state index contributed by atoms with van der Waals surface area (Å²) < 4.78 is 0. The number of carbonyl (C=O) groups excluding carboxylic acids is 2. The van der Waals surface area contributed by atoms with E-state index in [0.717, 1.165) is 24.8 Å². The Bertz CT molecular complexity index is 263. The van der Waals surface area contributed by atoms with Crippen molar-refractivity contribution in [2.24, 2.45) is 5.92 Å². The molecule has 12 heavy (non-hydrogen) atoms. The van der Waals surface area contributed by atoms with E-state index >= 15 is 0 Å². The van der Waals surface area contributed by atoms with Crippen LogP contribution < -0.4 is 0 Å². The number of fused-ring (bicyclic) bond motifs is 1. The van der Waals surface area contributed by atoms with Gasteiger partial charge in [0, 0.05) is 19.3 Å². The number of rotatable bonds is 0. The zero-order chi connectivity index (χ0) is 8.55. The van der Waals surface area contributed by atoms with Crippen LogP contribution in [0.2, 0.25) is 0 Å². The van der Waals surface area contributed by atoms with Gasteiger partial charge < -0.3 is 0 Å². The molecular formula is C10H12O2. The molecule has 2 heteroatoms. The van der Waals surface area contributed by atoms with Gasteiger partial charge in [0.2, 0.25) is 0 Å². The third kappa shape index (κ3) is 1.33. The number of ketones is 2. The van der Waals surface area contributed by atoms with Crippen molar-refractivity contribution in [3.05, 3.63) is 11.6 Å². The summed E-state index contributed by atoms with van der Waals surface area (Å²) in [6.45, 7) is 0. The van der Waals surface area contributed by atoms with Crippen molar-refractivity contribution >= 4 is 11.6 Å². The fraction of sp³-hybridized carbons (Fsp3) is 0.600. The Morgan fingerprint density at radius 1 is 1.17 bits per heavy atom. The molecule has 2 nitrogen and oxygen atoms in total. The number of allylic oxidation sites excluding steroid dienone is 2. The molecule has 0 bridgehead atoms. The Labute approximate surface area is 71.6 Å². The number of hydrogen-bond donors (Lipinski definition) is 0. The van der Waals surface area contributed by atoms with Gasteiger partial charge in [-0.25, -0.2) is 0 Å². The van der Waals surface area contributed by atoms with Gasteiger partial charge in [0.05, 0.1) is 0 Å². The van der Waals surface area contributed by atoms with Crippen LogP contribution >= 0.6 is 0 Å². The molecule has 2 aliphatic carbocycles. The second kappa shape index (κ2) is 2.85. The summed E-state index contributed by atoms with van der Waals surface area (Å²) in [5, 5.41) is 0. The minimum absolute atomic E-state index is 0.205. The zero-order valence-corrected chi connectivity index (χ0v) is 7.01. The van der Waals surface area contributed by atoms with Crippen molar-refractivity contribution in [2.45, 2.75) is 32.1 Å². The molecule has 0 aromatic rings. The van der Waals surface area contributed by atoms with E-state index in [2.05, 4.69) is 0 Å². The van der Waals surface area contributed by atoms with Crippen molar-refractivity contribution in [3.8, 4) is 0 Å². The van der Waals surface area contributed by atoms with Crippen molar-refractivity contribution in [1.82, 2.24) is 0 Å². The predicted octanol–water partition coefficient (Wildman–Crippen LogP) is 1.64. The molecule has 1 saturated carbocycles. The van der Waals surface area contributed by atoms with Crippen molar-refractivity contribution in [2.75, 3.05) is 0 Å². The van der Waals surface area contributed by atoms with Gasteiger partial charge in [-0.05, 0) is 24.8 Å². The van der Waals surface area contributed by atoms with Crippen LogP contribution in [-0.2, 0) is 9.59 Å². The monoisotopic (exact) mass is 164 g/mol. The van der Waals surface area contributed by atoms with E-state index in [-0.39, 0.29) is 5.78 Å². The lowest BCUT2D eigenvalue weighted by molar-refractivity contribution is -0.119. The predicted molar refractivity (Wildman–Crippen MR) is 44.7 cm³/mol. The molecule has 0 aromatic heterocycles. The molecule has 1 fully saturated rings. The van der Waals surface area contributed by atoms with Gasteiger partial charge in [-0.3, -0.25) is 9.59 Å². The fourth-order valence-electron chi connectivity index (χ4n) is 2.08. The molecule has 0 aromatic carbocycles. The molecule has 0 N–H and O–H groups in total. The lowest BCUT2D eigenvalue weighted by Crippen LogP contribution is -2.21. The largest absolute Gasteiger partial charge is 0.299 e. The van der Waals surface area contributed by atoms with Gasteiger partial charge in [-0.15, -0.1) is 0 Å². The Morgan fingerprint density at radius 2 is 1.92 bits per heavy atom. The van der Waals surface area contributed by atoms with Crippen LogP contribution in [0.5, 0.6) is 0 Å². The molecule has 0 heterocycles. The minimum atomic E-state index is 0.205. The van der Waals surface area contributed by atoms with E-state index in [0.29, 0.717) is 24.5 Å². The molecule has 0 amide bonds. The summed E-state index contributed by atoms with van der Waals surface area (Å²) >= 11 is 0. The van der Waals surface area contributed by atoms with Gasteiger partial charge >= 0.3 is 0 Å². The van der Waals surface area contributed by atoms with E-state index < -0.39 is 0 Å². The third-order valence-electron chi connectivity index (χ3n) is 2.78. The van der Waals surface area contributed by atoms with E-state index in [4.69, 9.17) is 0 Å². The SMILES string of the molecule is O=C1C=C2CC(=O)CCC2CC1. The van der Waals surface area contributed by atoms with Gasteiger partial charge in [0.1, 0.15) is 5.78 Å². The Kier molecular flexibility index (Phi) is 1.83. The maximum atomic E-state index is 11.1. The van der Waals surface area contributed by atoms with Gasteiger partial charge in [-0.1, -0.05) is 5.57 Å². The lowest BCUT2D eigenvalue weighted by Gasteiger charge is -2.27. The zero-order valence-electron chi connectivity index (χ0n) is 7.01. The fourth-order valence-corrected chi connectivity index (χ4v) is 2.08. The summed E-state index contributed by atoms with van der Waals surface area (Å²) in [6.07, 6.45) is 5.58. The molecule has 0 saturated heterocycles. The first-order valence-electron chi connectivity index (χ1n) is 4.50. The second-order valence-electron chi connectivity index (χ2n) is 3.68. The maximum absolute atomic E-state index is 11.1. The molecule has 64 valence electrons. The Hall–Kier alpha value is -0.920. The summed E-state index contributed by atoms with van der Waals surface area (Å²) in [6, 6.07) is 0. The molecule has 1 atom stereocenters. The van der Waals surface area contributed by atoms with Crippen molar-refractivity contribution in [3.63, 3.8) is 0 Å². The van der Waals surface area contributed by atoms with Crippen LogP contribution in [0.4, 0.5) is 0 Å². The molecular weight excluding hydrogens is 152 g/mol. The second-order valence-corrected chi connectivity index (χ2v) is 3.68. The molecule has 2 aliphatic rings. The van der Waals surface area contributed by atoms with Crippen molar-refractivity contribution < 1.29 is 9.59 Å². The minimum Gasteiger partial charge on any atom is -0.299 e. The molecule has 0 spiro atoms. The van der Waals surface area contributed by atoms with E-state index in [1.807, 2.05) is 0 Å². The lowest BCUT2D eigenvalue weighted by atomic mass is 9.77. The molecule has 1 unspecified atom stereocenters. The first-order valence-corrected chi connectivity index (χ1v) is 4.50. The van der Waals surface area contributed by atoms with Crippen LogP contribution in [-0.4, -0.2) is 11.6 Å². The highest BCUT2D eigenvalue weighted by molar-refractivity contribution is 5.93. The van der Waals surface area contributed by atoms with Gasteiger partial charge in [0.15, 0.2) is 5.78 Å². The average Bonchev–Trinajstić information content (AvgIpc) is 2.03.